The van der Waals surface area contributed by atoms with Gasteiger partial charge in [-0.2, -0.15) is 0 Å². The summed E-state index contributed by atoms with van der Waals surface area (Å²) in [5.41, 5.74) is 0.0396. The Labute approximate surface area is 112 Å². The molecule has 0 aliphatic rings. The number of methoxy groups -OCH3 is 2. The zero-order chi connectivity index (χ0) is 14.1. The molecule has 0 rings (SSSR count). The third kappa shape index (κ3) is 4.70. The van der Waals surface area contributed by atoms with E-state index in [1.54, 1.807) is 6.92 Å². The van der Waals surface area contributed by atoms with Crippen molar-refractivity contribution in [3.05, 3.63) is 11.8 Å². The first kappa shape index (κ1) is 16.4. The molecule has 1 N–H and O–H groups in total. The normalized spacial score (nSPS) is 10.6. The number of carbonyl (C=O) groups excluding carboxylic acids is 2. The van der Waals surface area contributed by atoms with Gasteiger partial charge in [0.2, 0.25) is 0 Å². The maximum atomic E-state index is 11.6. The van der Waals surface area contributed by atoms with E-state index in [-0.39, 0.29) is 5.70 Å². The molecule has 0 aromatic rings. The molecule has 0 atom stereocenters. The topological polar surface area (TPSA) is 67.9 Å². The molecule has 0 radical (unpaired) electrons. The van der Waals surface area contributed by atoms with Crippen LogP contribution in [-0.4, -0.2) is 49.3 Å². The Morgan fingerprint density at radius 3 is 2.28 bits per heavy atom. The molecule has 0 fully saturated rings. The lowest BCUT2D eigenvalue weighted by atomic mass is 10.3. The van der Waals surface area contributed by atoms with Gasteiger partial charge in [0.25, 0.3) is 0 Å². The van der Waals surface area contributed by atoms with Crippen LogP contribution in [0, 0.1) is 0 Å². The highest BCUT2D eigenvalue weighted by Crippen LogP contribution is 2.08. The van der Waals surface area contributed by atoms with Crippen LogP contribution in [0.15, 0.2) is 11.8 Å². The van der Waals surface area contributed by atoms with Crippen LogP contribution in [0.4, 0.5) is 0 Å². The number of rotatable bonds is 5. The van der Waals surface area contributed by atoms with E-state index in [0.717, 1.165) is 6.08 Å². The highest BCUT2D eigenvalue weighted by atomic mass is 32.1. The molecule has 0 aliphatic carbocycles. The molecule has 18 heavy (non-hydrogen) atoms. The number of nitrogens with zero attached hydrogens (tertiary/aromatic N) is 1. The van der Waals surface area contributed by atoms with E-state index >= 15 is 0 Å². The highest BCUT2D eigenvalue weighted by molar-refractivity contribution is 7.80. The molecule has 0 saturated heterocycles. The van der Waals surface area contributed by atoms with Crippen LogP contribution in [0.1, 0.15) is 13.8 Å². The van der Waals surface area contributed by atoms with Gasteiger partial charge in [0.15, 0.2) is 5.11 Å². The molecule has 0 heterocycles. The van der Waals surface area contributed by atoms with E-state index in [4.69, 9.17) is 12.2 Å². The Balaban J connectivity index is 5.26. The molecule has 0 unspecified atom stereocenters. The standard InChI is InChI=1S/C11H18N2O4S/c1-5-12-11(18)13(6-2)8(10(15)17-4)7-9(14)16-3/h7H,5-6H2,1-4H3,(H,12,18)/b8-7-. The Morgan fingerprint density at radius 2 is 1.89 bits per heavy atom. The zero-order valence-electron chi connectivity index (χ0n) is 11.0. The van der Waals surface area contributed by atoms with E-state index in [0.29, 0.717) is 18.2 Å². The number of ether oxygens (including phenoxy) is 2. The van der Waals surface area contributed by atoms with Gasteiger partial charge in [0.05, 0.1) is 20.3 Å². The van der Waals surface area contributed by atoms with Crippen LogP contribution < -0.4 is 5.32 Å². The molecule has 0 saturated carbocycles. The predicted molar refractivity (Wildman–Crippen MR) is 70.8 cm³/mol. The molecule has 0 bridgehead atoms. The van der Waals surface area contributed by atoms with E-state index in [1.807, 2.05) is 6.92 Å². The molecule has 0 amide bonds. The summed E-state index contributed by atoms with van der Waals surface area (Å²) in [5.74, 6) is -1.30. The van der Waals surface area contributed by atoms with Gasteiger partial charge < -0.3 is 19.7 Å². The van der Waals surface area contributed by atoms with E-state index in [2.05, 4.69) is 14.8 Å². The monoisotopic (exact) mass is 274 g/mol. The fraction of sp³-hybridized carbons (Fsp3) is 0.545. The fourth-order valence-corrected chi connectivity index (χ4v) is 1.56. The maximum Gasteiger partial charge on any atom is 0.355 e. The number of esters is 2. The van der Waals surface area contributed by atoms with Crippen LogP contribution >= 0.6 is 12.2 Å². The largest absolute Gasteiger partial charge is 0.466 e. The second-order valence-corrected chi connectivity index (χ2v) is 3.51. The number of carbonyl (C=O) groups is 2. The van der Waals surface area contributed by atoms with Crippen molar-refractivity contribution >= 4 is 29.3 Å². The second kappa shape index (κ2) is 8.46. The van der Waals surface area contributed by atoms with E-state index < -0.39 is 11.9 Å². The van der Waals surface area contributed by atoms with Gasteiger partial charge in [-0.3, -0.25) is 0 Å². The lowest BCUT2D eigenvalue weighted by Crippen LogP contribution is -2.41. The Hall–Kier alpha value is -1.63. The minimum atomic E-state index is -0.650. The smallest absolute Gasteiger partial charge is 0.355 e. The summed E-state index contributed by atoms with van der Waals surface area (Å²) in [7, 11) is 2.46. The van der Waals surface area contributed by atoms with Crippen molar-refractivity contribution in [2.45, 2.75) is 13.8 Å². The predicted octanol–water partition coefficient (Wildman–Crippen LogP) is 0.433. The van der Waals surface area contributed by atoms with Gasteiger partial charge in [0, 0.05) is 13.1 Å². The van der Waals surface area contributed by atoms with Crippen molar-refractivity contribution in [3.63, 3.8) is 0 Å². The molecule has 0 aromatic carbocycles. The number of likely N-dealkylation sites (N-methyl/N-ethyl adjacent to an activating group) is 1. The van der Waals surface area contributed by atoms with Crippen LogP contribution in [0.25, 0.3) is 0 Å². The first-order chi connectivity index (χ1) is 8.51. The Kier molecular flexibility index (Phi) is 7.69. The third-order valence-electron chi connectivity index (χ3n) is 2.03. The molecular formula is C11H18N2O4S. The van der Waals surface area contributed by atoms with Crippen LogP contribution in [0.2, 0.25) is 0 Å². The van der Waals surface area contributed by atoms with Gasteiger partial charge in [-0.25, -0.2) is 9.59 Å². The summed E-state index contributed by atoms with van der Waals surface area (Å²) in [6.45, 7) is 4.71. The average molecular weight is 274 g/mol. The number of nitrogens with one attached hydrogen (secondary N) is 1. The second-order valence-electron chi connectivity index (χ2n) is 3.12. The summed E-state index contributed by atoms with van der Waals surface area (Å²) >= 11 is 5.12. The highest BCUT2D eigenvalue weighted by Gasteiger charge is 2.21. The first-order valence-corrected chi connectivity index (χ1v) is 5.85. The molecule has 102 valence electrons. The quantitative estimate of drug-likeness (QED) is 0.443. The lowest BCUT2D eigenvalue weighted by Gasteiger charge is -2.24. The summed E-state index contributed by atoms with van der Waals surface area (Å²) < 4.78 is 9.12. The van der Waals surface area contributed by atoms with Gasteiger partial charge in [-0.1, -0.05) is 0 Å². The van der Waals surface area contributed by atoms with Gasteiger partial charge in [-0.05, 0) is 26.1 Å². The van der Waals surface area contributed by atoms with Crippen molar-refractivity contribution in [2.75, 3.05) is 27.3 Å². The molecule has 6 nitrogen and oxygen atoms in total. The fourth-order valence-electron chi connectivity index (χ4n) is 1.19. The molecule has 0 spiro atoms. The van der Waals surface area contributed by atoms with Crippen LogP contribution in [0.5, 0.6) is 0 Å². The van der Waals surface area contributed by atoms with Crippen molar-refractivity contribution in [1.82, 2.24) is 10.2 Å². The van der Waals surface area contributed by atoms with Crippen molar-refractivity contribution in [2.24, 2.45) is 0 Å². The van der Waals surface area contributed by atoms with Gasteiger partial charge in [0.1, 0.15) is 5.70 Å². The summed E-state index contributed by atoms with van der Waals surface area (Å²) in [4.78, 5) is 24.4. The SMILES string of the molecule is CCNC(=S)N(CC)/C(=C\C(=O)OC)C(=O)OC. The van der Waals surface area contributed by atoms with Crippen molar-refractivity contribution in [1.29, 1.82) is 0 Å². The first-order valence-electron chi connectivity index (χ1n) is 5.45. The maximum absolute atomic E-state index is 11.6. The molecule has 7 heteroatoms. The number of hydrogen-bond acceptors (Lipinski definition) is 5. The van der Waals surface area contributed by atoms with Crippen LogP contribution in [-0.2, 0) is 19.1 Å². The minimum Gasteiger partial charge on any atom is -0.466 e. The molecule has 0 aliphatic heterocycles. The summed E-state index contributed by atoms with van der Waals surface area (Å²) in [6.07, 6.45) is 1.05. The lowest BCUT2D eigenvalue weighted by molar-refractivity contribution is -0.139. The number of thiocarbonyl (C=S) groups is 1. The van der Waals surface area contributed by atoms with Gasteiger partial charge in [-0.15, -0.1) is 0 Å². The van der Waals surface area contributed by atoms with Gasteiger partial charge >= 0.3 is 11.9 Å². The van der Waals surface area contributed by atoms with Crippen LogP contribution in [0.3, 0.4) is 0 Å². The summed E-state index contributed by atoms with van der Waals surface area (Å²) in [6, 6.07) is 0. The molecule has 0 aromatic heterocycles. The van der Waals surface area contributed by atoms with Crippen molar-refractivity contribution < 1.29 is 19.1 Å². The van der Waals surface area contributed by atoms with Crippen molar-refractivity contribution in [3.8, 4) is 0 Å². The number of hydrogen-bond donors (Lipinski definition) is 1. The zero-order valence-corrected chi connectivity index (χ0v) is 11.8. The third-order valence-corrected chi connectivity index (χ3v) is 2.40. The Bertz CT molecular complexity index is 355. The van der Waals surface area contributed by atoms with E-state index in [1.165, 1.54) is 19.1 Å². The van der Waals surface area contributed by atoms with E-state index in [9.17, 15) is 9.59 Å². The average Bonchev–Trinajstić information content (AvgIpc) is 2.37. The Morgan fingerprint density at radius 1 is 1.28 bits per heavy atom. The molecular weight excluding hydrogens is 256 g/mol. The minimum absolute atomic E-state index is 0.0396. The summed E-state index contributed by atoms with van der Waals surface area (Å²) in [5, 5.41) is 3.25.